The molecule has 0 aliphatic rings. The largest absolute Gasteiger partial charge is 0.443 e. The number of nitrogens with one attached hydrogen (secondary N) is 1. The molecule has 0 unspecified atom stereocenters. The fourth-order valence-corrected chi connectivity index (χ4v) is 1.31. The van der Waals surface area contributed by atoms with Crippen molar-refractivity contribution in [3.63, 3.8) is 0 Å². The van der Waals surface area contributed by atoms with Crippen molar-refractivity contribution in [2.24, 2.45) is 0 Å². The van der Waals surface area contributed by atoms with Crippen LogP contribution in [-0.2, 0) is 4.74 Å². The number of amides is 1. The fraction of sp³-hybridized carbons (Fsp3) is 0.538. The summed E-state index contributed by atoms with van der Waals surface area (Å²) in [5.41, 5.74) is -0.509. The lowest BCUT2D eigenvalue weighted by molar-refractivity contribution is 0.0588. The van der Waals surface area contributed by atoms with Crippen molar-refractivity contribution in [1.29, 1.82) is 0 Å². The zero-order valence-corrected chi connectivity index (χ0v) is 11.7. The molecule has 0 bridgehead atoms. The summed E-state index contributed by atoms with van der Waals surface area (Å²) in [6.07, 6.45) is -0.413. The van der Waals surface area contributed by atoms with Crippen molar-refractivity contribution in [2.75, 3.05) is 23.8 Å². The van der Waals surface area contributed by atoms with E-state index in [0.29, 0.717) is 5.82 Å². The van der Waals surface area contributed by atoms with Gasteiger partial charge >= 0.3 is 6.09 Å². The molecule has 0 aromatic carbocycles. The van der Waals surface area contributed by atoms with Gasteiger partial charge in [-0.1, -0.05) is 6.07 Å². The lowest BCUT2D eigenvalue weighted by Gasteiger charge is -2.24. The Bertz CT molecular complexity index is 413. The zero-order chi connectivity index (χ0) is 13.8. The Hall–Kier alpha value is -1.78. The number of aromatic nitrogens is 1. The van der Waals surface area contributed by atoms with E-state index in [1.165, 1.54) is 4.90 Å². The molecular weight excluding hydrogens is 230 g/mol. The average Bonchev–Trinajstić information content (AvgIpc) is 2.26. The van der Waals surface area contributed by atoms with Gasteiger partial charge in [0.15, 0.2) is 0 Å². The van der Waals surface area contributed by atoms with Crippen LogP contribution in [0.2, 0.25) is 0 Å². The van der Waals surface area contributed by atoms with Crippen molar-refractivity contribution in [3.05, 3.63) is 18.2 Å². The van der Waals surface area contributed by atoms with E-state index < -0.39 is 11.7 Å². The lowest BCUT2D eigenvalue weighted by atomic mass is 10.2. The standard InChI is InChI=1S/C13H21N3O2/c1-6-14-10-8-7-9-11(15-10)16(5)12(17)18-13(2,3)4/h7-9H,6H2,1-5H3,(H,14,15). The first kappa shape index (κ1) is 14.3. The van der Waals surface area contributed by atoms with Gasteiger partial charge < -0.3 is 10.1 Å². The molecule has 1 aromatic rings. The summed E-state index contributed by atoms with van der Waals surface area (Å²) in [5.74, 6) is 1.30. The molecule has 0 saturated heterocycles. The first-order valence-electron chi connectivity index (χ1n) is 6.01. The third-order valence-electron chi connectivity index (χ3n) is 2.10. The number of nitrogens with zero attached hydrogens (tertiary/aromatic N) is 2. The van der Waals surface area contributed by atoms with Gasteiger partial charge in [-0.05, 0) is 39.8 Å². The smallest absolute Gasteiger partial charge is 0.415 e. The minimum atomic E-state index is -0.509. The zero-order valence-electron chi connectivity index (χ0n) is 11.7. The summed E-state index contributed by atoms with van der Waals surface area (Å²) in [6.45, 7) is 8.28. The van der Waals surface area contributed by atoms with Gasteiger partial charge in [-0.2, -0.15) is 0 Å². The van der Waals surface area contributed by atoms with Crippen LogP contribution < -0.4 is 10.2 Å². The minimum Gasteiger partial charge on any atom is -0.443 e. The van der Waals surface area contributed by atoms with Crippen LogP contribution in [0.1, 0.15) is 27.7 Å². The number of carbonyl (C=O) groups excluding carboxylic acids is 1. The normalized spacial score (nSPS) is 10.9. The molecule has 100 valence electrons. The maximum Gasteiger partial charge on any atom is 0.415 e. The Morgan fingerprint density at radius 1 is 1.44 bits per heavy atom. The highest BCUT2D eigenvalue weighted by Crippen LogP contribution is 2.16. The van der Waals surface area contributed by atoms with Crippen LogP contribution in [0.25, 0.3) is 0 Å². The second-order valence-corrected chi connectivity index (χ2v) is 4.95. The van der Waals surface area contributed by atoms with Crippen molar-refractivity contribution in [1.82, 2.24) is 4.98 Å². The number of ether oxygens (including phenoxy) is 1. The Balaban J connectivity index is 2.80. The number of hydrogen-bond acceptors (Lipinski definition) is 4. The van der Waals surface area contributed by atoms with Crippen LogP contribution in [0.4, 0.5) is 16.4 Å². The molecule has 0 saturated carbocycles. The molecular formula is C13H21N3O2. The summed E-state index contributed by atoms with van der Waals surface area (Å²) in [7, 11) is 1.64. The molecule has 0 aliphatic heterocycles. The van der Waals surface area contributed by atoms with Gasteiger partial charge in [0.1, 0.15) is 17.2 Å². The van der Waals surface area contributed by atoms with Crippen molar-refractivity contribution < 1.29 is 9.53 Å². The van der Waals surface area contributed by atoms with E-state index in [1.54, 1.807) is 13.1 Å². The Morgan fingerprint density at radius 2 is 2.11 bits per heavy atom. The molecule has 5 heteroatoms. The second kappa shape index (κ2) is 5.71. The van der Waals surface area contributed by atoms with Crippen molar-refractivity contribution in [2.45, 2.75) is 33.3 Å². The Labute approximate surface area is 108 Å². The van der Waals surface area contributed by atoms with E-state index in [1.807, 2.05) is 39.8 Å². The van der Waals surface area contributed by atoms with Crippen LogP contribution in [0.15, 0.2) is 18.2 Å². The highest BCUT2D eigenvalue weighted by molar-refractivity contribution is 5.86. The van der Waals surface area contributed by atoms with Gasteiger partial charge in [-0.25, -0.2) is 9.78 Å². The number of pyridine rings is 1. The number of carbonyl (C=O) groups is 1. The summed E-state index contributed by atoms with van der Waals surface area (Å²) in [6, 6.07) is 5.47. The van der Waals surface area contributed by atoms with E-state index in [-0.39, 0.29) is 0 Å². The first-order valence-corrected chi connectivity index (χ1v) is 6.01. The monoisotopic (exact) mass is 251 g/mol. The number of hydrogen-bond donors (Lipinski definition) is 1. The summed E-state index contributed by atoms with van der Waals surface area (Å²) >= 11 is 0. The van der Waals surface area contributed by atoms with E-state index in [4.69, 9.17) is 4.74 Å². The Kier molecular flexibility index (Phi) is 4.53. The van der Waals surface area contributed by atoms with E-state index in [2.05, 4.69) is 10.3 Å². The topological polar surface area (TPSA) is 54.5 Å². The molecule has 1 amide bonds. The van der Waals surface area contributed by atoms with Crippen LogP contribution in [0, 0.1) is 0 Å². The quantitative estimate of drug-likeness (QED) is 0.897. The van der Waals surface area contributed by atoms with Crippen molar-refractivity contribution >= 4 is 17.7 Å². The molecule has 0 fully saturated rings. The van der Waals surface area contributed by atoms with Gasteiger partial charge in [-0.3, -0.25) is 4.90 Å². The van der Waals surface area contributed by atoms with Crippen LogP contribution >= 0.6 is 0 Å². The highest BCUT2D eigenvalue weighted by Gasteiger charge is 2.21. The van der Waals surface area contributed by atoms with E-state index >= 15 is 0 Å². The predicted molar refractivity (Wildman–Crippen MR) is 73.0 cm³/mol. The first-order chi connectivity index (χ1) is 8.33. The molecule has 0 radical (unpaired) electrons. The van der Waals surface area contributed by atoms with Crippen LogP contribution in [0.3, 0.4) is 0 Å². The summed E-state index contributed by atoms with van der Waals surface area (Å²) in [4.78, 5) is 17.6. The molecule has 1 rings (SSSR count). The van der Waals surface area contributed by atoms with Crippen LogP contribution in [-0.4, -0.2) is 30.3 Å². The summed E-state index contributed by atoms with van der Waals surface area (Å²) < 4.78 is 5.28. The van der Waals surface area contributed by atoms with Gasteiger partial charge in [0.05, 0.1) is 0 Å². The van der Waals surface area contributed by atoms with E-state index in [9.17, 15) is 4.79 Å². The highest BCUT2D eigenvalue weighted by atomic mass is 16.6. The predicted octanol–water partition coefficient (Wildman–Crippen LogP) is 2.88. The molecule has 0 aliphatic carbocycles. The maximum atomic E-state index is 11.9. The second-order valence-electron chi connectivity index (χ2n) is 4.95. The van der Waals surface area contributed by atoms with Gasteiger partial charge in [0, 0.05) is 13.6 Å². The summed E-state index contributed by atoms with van der Waals surface area (Å²) in [5, 5.41) is 3.10. The third-order valence-corrected chi connectivity index (χ3v) is 2.10. The van der Waals surface area contributed by atoms with Crippen molar-refractivity contribution in [3.8, 4) is 0 Å². The molecule has 0 spiro atoms. The third kappa shape index (κ3) is 4.24. The number of anilines is 2. The SMILES string of the molecule is CCNc1cccc(N(C)C(=O)OC(C)(C)C)n1. The molecule has 1 heterocycles. The molecule has 5 nitrogen and oxygen atoms in total. The molecule has 1 aromatic heterocycles. The maximum absolute atomic E-state index is 11.9. The van der Waals surface area contributed by atoms with Gasteiger partial charge in [0.25, 0.3) is 0 Å². The molecule has 18 heavy (non-hydrogen) atoms. The Morgan fingerprint density at radius 3 is 2.67 bits per heavy atom. The van der Waals surface area contributed by atoms with E-state index in [0.717, 1.165) is 12.4 Å². The van der Waals surface area contributed by atoms with Gasteiger partial charge in [-0.15, -0.1) is 0 Å². The van der Waals surface area contributed by atoms with Gasteiger partial charge in [0.2, 0.25) is 0 Å². The molecule has 1 N–H and O–H groups in total. The van der Waals surface area contributed by atoms with Crippen LogP contribution in [0.5, 0.6) is 0 Å². The fourth-order valence-electron chi connectivity index (χ4n) is 1.31. The molecule has 0 atom stereocenters. The minimum absolute atomic E-state index is 0.413. The number of rotatable bonds is 3. The lowest BCUT2D eigenvalue weighted by Crippen LogP contribution is -2.34. The average molecular weight is 251 g/mol.